The van der Waals surface area contributed by atoms with Gasteiger partial charge in [-0.3, -0.25) is 4.84 Å². The summed E-state index contributed by atoms with van der Waals surface area (Å²) in [5.41, 5.74) is 0.0119. The molecule has 2 fully saturated rings. The number of piperidine rings is 1. The van der Waals surface area contributed by atoms with Gasteiger partial charge in [0.25, 0.3) is 0 Å². The van der Waals surface area contributed by atoms with Gasteiger partial charge < -0.3 is 4.57 Å². The first-order valence-electron chi connectivity index (χ1n) is 9.88. The zero-order valence-corrected chi connectivity index (χ0v) is 16.4. The van der Waals surface area contributed by atoms with E-state index >= 15 is 0 Å². The SMILES string of the molecule is CC[C@@H]([C@@H]1C[C@H]2CCCCN2O1)P(=O)(c1ccccc1)c1ccccc1. The van der Waals surface area contributed by atoms with E-state index in [2.05, 4.69) is 12.0 Å². The van der Waals surface area contributed by atoms with Crippen molar-refractivity contribution < 1.29 is 9.40 Å². The molecule has 2 saturated heterocycles. The van der Waals surface area contributed by atoms with E-state index in [0.29, 0.717) is 6.04 Å². The minimum absolute atomic E-state index is 0.0119. The first-order valence-corrected chi connectivity index (χ1v) is 11.7. The summed E-state index contributed by atoms with van der Waals surface area (Å²) in [6.07, 6.45) is 5.58. The lowest BCUT2D eigenvalue weighted by atomic mass is 9.99. The van der Waals surface area contributed by atoms with Gasteiger partial charge in [0.15, 0.2) is 0 Å². The highest BCUT2D eigenvalue weighted by molar-refractivity contribution is 7.79. The Morgan fingerprint density at radius 2 is 1.65 bits per heavy atom. The molecular weight excluding hydrogens is 341 g/mol. The van der Waals surface area contributed by atoms with Crippen molar-refractivity contribution in [3.05, 3.63) is 60.7 Å². The number of hydroxylamine groups is 2. The van der Waals surface area contributed by atoms with E-state index in [1.54, 1.807) is 0 Å². The molecule has 0 N–H and O–H groups in total. The van der Waals surface area contributed by atoms with Crippen LogP contribution in [0.5, 0.6) is 0 Å². The minimum Gasteiger partial charge on any atom is -0.313 e. The smallest absolute Gasteiger partial charge is 0.148 e. The topological polar surface area (TPSA) is 29.5 Å². The van der Waals surface area contributed by atoms with Crippen LogP contribution in [0.1, 0.15) is 39.0 Å². The van der Waals surface area contributed by atoms with E-state index in [1.807, 2.05) is 60.7 Å². The second-order valence-electron chi connectivity index (χ2n) is 7.47. The van der Waals surface area contributed by atoms with Gasteiger partial charge in [-0.15, -0.1) is 0 Å². The van der Waals surface area contributed by atoms with Crippen LogP contribution < -0.4 is 10.6 Å². The summed E-state index contributed by atoms with van der Waals surface area (Å²) in [7, 11) is -2.79. The maximum atomic E-state index is 14.6. The molecule has 0 spiro atoms. The summed E-state index contributed by atoms with van der Waals surface area (Å²) in [6.45, 7) is 3.17. The average Bonchev–Trinajstić information content (AvgIpc) is 3.13. The largest absolute Gasteiger partial charge is 0.313 e. The van der Waals surface area contributed by atoms with Gasteiger partial charge in [-0.1, -0.05) is 74.0 Å². The molecule has 0 aliphatic carbocycles. The Kier molecular flexibility index (Phi) is 5.31. The Labute approximate surface area is 156 Å². The summed E-state index contributed by atoms with van der Waals surface area (Å²) in [6, 6.07) is 20.6. The Bertz CT molecular complexity index is 707. The molecule has 0 amide bonds. The lowest BCUT2D eigenvalue weighted by molar-refractivity contribution is -0.171. The van der Waals surface area contributed by atoms with Crippen LogP contribution in [0.15, 0.2) is 60.7 Å². The van der Waals surface area contributed by atoms with Crippen molar-refractivity contribution in [2.75, 3.05) is 6.54 Å². The molecule has 4 rings (SSSR count). The maximum Gasteiger partial charge on any atom is 0.148 e. The molecule has 3 nitrogen and oxygen atoms in total. The fraction of sp³-hybridized carbons (Fsp3) is 0.455. The number of hydrogen-bond donors (Lipinski definition) is 0. The Morgan fingerprint density at radius 1 is 1.04 bits per heavy atom. The maximum absolute atomic E-state index is 14.6. The lowest BCUT2D eigenvalue weighted by Gasteiger charge is -2.32. The number of fused-ring (bicyclic) bond motifs is 1. The third-order valence-electron chi connectivity index (χ3n) is 5.94. The summed E-state index contributed by atoms with van der Waals surface area (Å²) < 4.78 is 14.6. The molecule has 2 aliphatic heterocycles. The van der Waals surface area contributed by atoms with Crippen molar-refractivity contribution in [3.8, 4) is 0 Å². The molecule has 2 aromatic rings. The van der Waals surface area contributed by atoms with Gasteiger partial charge in [0.1, 0.15) is 7.14 Å². The van der Waals surface area contributed by atoms with Crippen molar-refractivity contribution >= 4 is 17.8 Å². The van der Waals surface area contributed by atoms with E-state index in [9.17, 15) is 4.57 Å². The summed E-state index contributed by atoms with van der Waals surface area (Å²) >= 11 is 0. The molecule has 138 valence electrons. The molecule has 4 heteroatoms. The molecule has 2 heterocycles. The van der Waals surface area contributed by atoms with Crippen LogP contribution in [0.3, 0.4) is 0 Å². The zero-order chi connectivity index (χ0) is 18.0. The first kappa shape index (κ1) is 18.0. The number of hydrogen-bond acceptors (Lipinski definition) is 3. The van der Waals surface area contributed by atoms with Crippen molar-refractivity contribution in [2.45, 2.75) is 56.8 Å². The Hall–Kier alpha value is -1.41. The van der Waals surface area contributed by atoms with E-state index < -0.39 is 7.14 Å². The standard InChI is InChI=1S/C22H28NO2P/c1-2-22(21-17-18-11-9-10-16-23(18)25-21)26(24,19-12-5-3-6-13-19)20-14-7-4-8-15-20/h3-8,12-15,18,21-22H,2,9-11,16-17H2,1H3/t18-,21+,22+/m1/s1. The summed E-state index contributed by atoms with van der Waals surface area (Å²) in [5, 5.41) is 4.08. The van der Waals surface area contributed by atoms with E-state index in [-0.39, 0.29) is 11.8 Å². The van der Waals surface area contributed by atoms with Gasteiger partial charge in [-0.2, -0.15) is 5.06 Å². The third kappa shape index (κ3) is 3.17. The fourth-order valence-electron chi connectivity index (χ4n) is 4.65. The highest BCUT2D eigenvalue weighted by atomic mass is 31.2. The molecule has 0 saturated carbocycles. The van der Waals surface area contributed by atoms with Gasteiger partial charge >= 0.3 is 0 Å². The minimum atomic E-state index is -2.79. The lowest BCUT2D eigenvalue weighted by Crippen LogP contribution is -2.35. The molecule has 3 atom stereocenters. The van der Waals surface area contributed by atoms with Crippen LogP contribution in [-0.4, -0.2) is 29.4 Å². The van der Waals surface area contributed by atoms with Gasteiger partial charge in [0, 0.05) is 28.9 Å². The van der Waals surface area contributed by atoms with Crippen LogP contribution in [0.4, 0.5) is 0 Å². The van der Waals surface area contributed by atoms with Crippen LogP contribution in [0.2, 0.25) is 0 Å². The normalized spacial score (nSPS) is 25.0. The number of benzene rings is 2. The average molecular weight is 369 g/mol. The van der Waals surface area contributed by atoms with Crippen molar-refractivity contribution in [1.82, 2.24) is 5.06 Å². The predicted molar refractivity (Wildman–Crippen MR) is 108 cm³/mol. The second-order valence-corrected chi connectivity index (χ2v) is 10.5. The number of nitrogens with zero attached hydrogens (tertiary/aromatic N) is 1. The Morgan fingerprint density at radius 3 is 2.19 bits per heavy atom. The molecule has 2 aromatic carbocycles. The third-order valence-corrected chi connectivity index (χ3v) is 9.70. The molecule has 0 bridgehead atoms. The highest BCUT2D eigenvalue weighted by Gasteiger charge is 2.46. The van der Waals surface area contributed by atoms with Crippen LogP contribution in [0, 0.1) is 0 Å². The summed E-state index contributed by atoms with van der Waals surface area (Å²) in [4.78, 5) is 6.37. The van der Waals surface area contributed by atoms with E-state index in [1.165, 1.54) is 19.3 Å². The number of rotatable bonds is 5. The fourth-order valence-corrected chi connectivity index (χ4v) is 8.10. The molecule has 0 aromatic heterocycles. The van der Waals surface area contributed by atoms with E-state index in [4.69, 9.17) is 4.84 Å². The van der Waals surface area contributed by atoms with Crippen LogP contribution >= 0.6 is 7.14 Å². The summed E-state index contributed by atoms with van der Waals surface area (Å²) in [5.74, 6) is 0. The zero-order valence-electron chi connectivity index (χ0n) is 15.5. The predicted octanol–water partition coefficient (Wildman–Crippen LogP) is 4.34. The first-order chi connectivity index (χ1) is 12.7. The molecule has 26 heavy (non-hydrogen) atoms. The van der Waals surface area contributed by atoms with Gasteiger partial charge in [-0.05, 0) is 25.7 Å². The molecule has 2 aliphatic rings. The van der Waals surface area contributed by atoms with Crippen molar-refractivity contribution in [3.63, 3.8) is 0 Å². The monoisotopic (exact) mass is 369 g/mol. The van der Waals surface area contributed by atoms with Crippen molar-refractivity contribution in [1.29, 1.82) is 0 Å². The van der Waals surface area contributed by atoms with Crippen LogP contribution in [0.25, 0.3) is 0 Å². The van der Waals surface area contributed by atoms with Crippen molar-refractivity contribution in [2.24, 2.45) is 0 Å². The van der Waals surface area contributed by atoms with E-state index in [0.717, 1.165) is 30.0 Å². The Balaban J connectivity index is 1.74. The van der Waals surface area contributed by atoms with Gasteiger partial charge in [0.2, 0.25) is 0 Å². The highest BCUT2D eigenvalue weighted by Crippen LogP contribution is 2.53. The molecule has 0 unspecified atom stereocenters. The molecular formula is C22H28NO2P. The van der Waals surface area contributed by atoms with Gasteiger partial charge in [-0.25, -0.2) is 0 Å². The second kappa shape index (κ2) is 7.68. The quantitative estimate of drug-likeness (QED) is 0.735. The van der Waals surface area contributed by atoms with Crippen LogP contribution in [-0.2, 0) is 9.40 Å². The van der Waals surface area contributed by atoms with Gasteiger partial charge in [0.05, 0.1) is 6.10 Å². The molecule has 0 radical (unpaired) electrons.